The Morgan fingerprint density at radius 2 is 0.367 bits per heavy atom. The Balaban J connectivity index is 1.19. The molecule has 3 aliphatic rings. The summed E-state index contributed by atoms with van der Waals surface area (Å²) in [5.41, 5.74) is 8.55. The maximum absolute atomic E-state index is 12.3. The Bertz CT molecular complexity index is 5920. The lowest BCUT2D eigenvalue weighted by Gasteiger charge is -2.41. The number of rotatable bonds is 6. The minimum atomic E-state index is -1.61. The monoisotopic (exact) mass is 1270 g/mol. The summed E-state index contributed by atoms with van der Waals surface area (Å²) in [6.07, 6.45) is 0. The predicted molar refractivity (Wildman–Crippen MR) is 382 cm³/mol. The Labute approximate surface area is 558 Å². The molecule has 0 spiro atoms. The van der Waals surface area contributed by atoms with Gasteiger partial charge in [0, 0.05) is 32.3 Å². The van der Waals surface area contributed by atoms with E-state index in [0.717, 1.165) is 72.3 Å². The molecule has 1 atom stereocenters. The minimum Gasteiger partial charge on any atom is -0.508 e. The average molecular weight is 1280 g/mol. The van der Waals surface area contributed by atoms with E-state index in [-0.39, 0.29) is 63.2 Å². The number of fused-ring (bicyclic) bond motifs is 18. The van der Waals surface area contributed by atoms with Crippen LogP contribution in [0.2, 0.25) is 0 Å². The van der Waals surface area contributed by atoms with Gasteiger partial charge in [-0.15, -0.1) is 0 Å². The Hall–Kier alpha value is -13.1. The second-order valence-corrected chi connectivity index (χ2v) is 26.1. The summed E-state index contributed by atoms with van der Waals surface area (Å²) in [5.74, 6) is -0.857. The van der Waals surface area contributed by atoms with Crippen molar-refractivity contribution in [2.75, 3.05) is 0 Å². The third kappa shape index (κ3) is 6.99. The van der Waals surface area contributed by atoms with Crippen LogP contribution in [0.1, 0.15) is 66.8 Å². The van der Waals surface area contributed by atoms with Crippen molar-refractivity contribution in [2.24, 2.45) is 0 Å². The van der Waals surface area contributed by atoms with Crippen molar-refractivity contribution in [3.05, 3.63) is 328 Å². The van der Waals surface area contributed by atoms with Crippen LogP contribution in [0.4, 0.5) is 0 Å². The number of phenols is 11. The van der Waals surface area contributed by atoms with Crippen LogP contribution in [0, 0.1) is 0 Å². The van der Waals surface area contributed by atoms with Crippen molar-refractivity contribution in [3.8, 4) is 96.6 Å². The van der Waals surface area contributed by atoms with Crippen LogP contribution in [-0.4, -0.2) is 56.2 Å². The number of benzene rings is 16. The van der Waals surface area contributed by atoms with E-state index >= 15 is 0 Å². The number of aromatic hydroxyl groups is 11. The largest absolute Gasteiger partial charge is 0.508 e. The molecule has 0 saturated carbocycles. The van der Waals surface area contributed by atoms with Crippen LogP contribution in [0.15, 0.2) is 261 Å². The molecular weight excluding hydrogens is 1220 g/mol. The van der Waals surface area contributed by atoms with Crippen LogP contribution in [0.3, 0.4) is 0 Å². The van der Waals surface area contributed by atoms with Crippen LogP contribution in [-0.2, 0) is 16.2 Å². The van der Waals surface area contributed by atoms with Gasteiger partial charge in [0.2, 0.25) is 0 Å². The van der Waals surface area contributed by atoms with E-state index < -0.39 is 16.2 Å². The lowest BCUT2D eigenvalue weighted by molar-refractivity contribution is 0.471. The van der Waals surface area contributed by atoms with Gasteiger partial charge in [-0.25, -0.2) is 0 Å². The summed E-state index contributed by atoms with van der Waals surface area (Å²) in [5, 5.41) is 137. The SMILES string of the molecule is Oc1ccc2c(C3(c4ccc(O)c5ccccc45)c4ccccc4-c4c3c3c(c5c4C(c4ccc(O)c6cc(O)ccc46)(c4ccc(O)c6cc(O)ccc46)c4ccccc4-5)C(c4ccc(O)c5cc(O)ccc45)(c4ccc(O)c5cc(O)ccc45)c4ccccc4-3)ccc(O)c2c1. The molecule has 11 heteroatoms. The summed E-state index contributed by atoms with van der Waals surface area (Å²) < 4.78 is 0. The second kappa shape index (κ2) is 19.7. The molecule has 16 aromatic rings. The first-order valence-corrected chi connectivity index (χ1v) is 32.2. The third-order valence-corrected chi connectivity index (χ3v) is 21.6. The summed E-state index contributed by atoms with van der Waals surface area (Å²) in [6.45, 7) is 0. The van der Waals surface area contributed by atoms with E-state index in [0.29, 0.717) is 92.5 Å². The van der Waals surface area contributed by atoms with Gasteiger partial charge in [-0.1, -0.05) is 164 Å². The molecule has 0 radical (unpaired) electrons. The molecule has 1 unspecified atom stereocenters. The zero-order valence-corrected chi connectivity index (χ0v) is 51.7. The molecule has 16 aromatic carbocycles. The van der Waals surface area contributed by atoms with E-state index in [9.17, 15) is 56.2 Å². The number of phenolic OH excluding ortho intramolecular Hbond substituents is 11. The predicted octanol–water partition coefficient (Wildman–Crippen LogP) is 18.5. The van der Waals surface area contributed by atoms with Crippen LogP contribution in [0.25, 0.3) is 98.0 Å². The van der Waals surface area contributed by atoms with Crippen molar-refractivity contribution in [1.82, 2.24) is 0 Å². The van der Waals surface area contributed by atoms with E-state index in [1.807, 2.05) is 127 Å². The molecule has 98 heavy (non-hydrogen) atoms. The minimum absolute atomic E-state index is 0.0375. The summed E-state index contributed by atoms with van der Waals surface area (Å²) in [6, 6.07) is 79.2. The summed E-state index contributed by atoms with van der Waals surface area (Å²) >= 11 is 0. The topological polar surface area (TPSA) is 223 Å². The first-order valence-electron chi connectivity index (χ1n) is 32.2. The molecule has 468 valence electrons. The zero-order valence-electron chi connectivity index (χ0n) is 51.7. The molecule has 0 amide bonds. The maximum Gasteiger partial charge on any atom is 0.123 e. The highest BCUT2D eigenvalue weighted by atomic mass is 16.3. The highest BCUT2D eigenvalue weighted by Gasteiger charge is 2.62. The van der Waals surface area contributed by atoms with Gasteiger partial charge in [-0.2, -0.15) is 0 Å². The van der Waals surface area contributed by atoms with E-state index in [4.69, 9.17) is 0 Å². The van der Waals surface area contributed by atoms with Gasteiger partial charge < -0.3 is 56.2 Å². The Morgan fingerprint density at radius 1 is 0.163 bits per heavy atom. The molecule has 0 heterocycles. The van der Waals surface area contributed by atoms with Gasteiger partial charge in [0.25, 0.3) is 0 Å². The van der Waals surface area contributed by atoms with Gasteiger partial charge in [0.05, 0.1) is 16.2 Å². The molecule has 0 fully saturated rings. The quantitative estimate of drug-likeness (QED) is 0.0752. The number of hydrogen-bond acceptors (Lipinski definition) is 11. The normalized spacial score (nSPS) is 15.2. The van der Waals surface area contributed by atoms with Gasteiger partial charge in [-0.3, -0.25) is 0 Å². The fourth-order valence-corrected chi connectivity index (χ4v) is 18.1. The van der Waals surface area contributed by atoms with Crippen molar-refractivity contribution in [2.45, 2.75) is 16.2 Å². The molecule has 0 aliphatic heterocycles. The van der Waals surface area contributed by atoms with Crippen molar-refractivity contribution in [3.63, 3.8) is 0 Å². The van der Waals surface area contributed by atoms with E-state index in [1.165, 1.54) is 0 Å². The second-order valence-electron chi connectivity index (χ2n) is 26.1. The van der Waals surface area contributed by atoms with Crippen LogP contribution >= 0.6 is 0 Å². The van der Waals surface area contributed by atoms with Gasteiger partial charge in [0.1, 0.15) is 63.2 Å². The molecule has 11 nitrogen and oxygen atoms in total. The smallest absolute Gasteiger partial charge is 0.123 e. The summed E-state index contributed by atoms with van der Waals surface area (Å²) in [4.78, 5) is 0. The highest BCUT2D eigenvalue weighted by Crippen LogP contribution is 2.75. The zero-order chi connectivity index (χ0) is 66.6. The van der Waals surface area contributed by atoms with Gasteiger partial charge in [-0.05, 0) is 230 Å². The third-order valence-electron chi connectivity index (χ3n) is 21.6. The van der Waals surface area contributed by atoms with Crippen LogP contribution in [0.5, 0.6) is 63.2 Å². The Kier molecular flexibility index (Phi) is 11.4. The summed E-state index contributed by atoms with van der Waals surface area (Å²) in [7, 11) is 0. The molecule has 0 aromatic heterocycles. The Morgan fingerprint density at radius 3 is 0.622 bits per heavy atom. The highest BCUT2D eigenvalue weighted by molar-refractivity contribution is 6.15. The van der Waals surface area contributed by atoms with Crippen molar-refractivity contribution in [1.29, 1.82) is 0 Å². The standard InChI is InChI=1S/C87H54O11/c88-44-17-22-50-59(39-44)74(94)34-28-68(50)85(67-27-33-73(93)55-10-2-1-9-49(55)67)64-14-6-3-11-56(64)79-82(85)80-57-12-4-7-15-65(57)86(69-29-35-75(95)60-40-45(89)18-23-51(60)69,70-30-36-76(96)61-41-46(90)19-24-52(61)70)84(80)81-58-13-5-8-16-66(58)87(83(79)81,71-31-37-77(97)62-42-47(91)20-25-53(62)71)72-32-38-78(98)63-43-48(92)21-26-54(63)72/h1-43,88-98H. The maximum atomic E-state index is 12.3. The first-order chi connectivity index (χ1) is 47.6. The molecular formula is C87H54O11. The molecule has 3 aliphatic carbocycles. The fourth-order valence-electron chi connectivity index (χ4n) is 18.1. The average Bonchev–Trinajstić information content (AvgIpc) is 1.46. The van der Waals surface area contributed by atoms with Crippen molar-refractivity contribution < 1.29 is 56.2 Å². The first kappa shape index (κ1) is 56.4. The number of hydrogen-bond donors (Lipinski definition) is 11. The lowest BCUT2D eigenvalue weighted by atomic mass is 9.59. The molecule has 0 bridgehead atoms. The molecule has 0 saturated heterocycles. The molecule has 19 rings (SSSR count). The van der Waals surface area contributed by atoms with Crippen molar-refractivity contribution >= 4 is 64.6 Å². The van der Waals surface area contributed by atoms with E-state index in [1.54, 1.807) is 97.1 Å². The van der Waals surface area contributed by atoms with E-state index in [2.05, 4.69) is 36.4 Å². The van der Waals surface area contributed by atoms with Gasteiger partial charge in [0.15, 0.2) is 0 Å². The van der Waals surface area contributed by atoms with Gasteiger partial charge >= 0.3 is 0 Å². The lowest BCUT2D eigenvalue weighted by Crippen LogP contribution is -2.34. The molecule has 11 N–H and O–H groups in total. The fraction of sp³-hybridized carbons (Fsp3) is 0.0345. The van der Waals surface area contributed by atoms with Crippen LogP contribution < -0.4 is 0 Å².